The first-order valence-corrected chi connectivity index (χ1v) is 8.55. The van der Waals surface area contributed by atoms with E-state index >= 15 is 0 Å². The number of aromatic nitrogens is 3. The molecule has 2 N–H and O–H groups in total. The van der Waals surface area contributed by atoms with Crippen LogP contribution in [0.4, 0.5) is 0 Å². The summed E-state index contributed by atoms with van der Waals surface area (Å²) < 4.78 is 1.87. The number of amides is 1. The Morgan fingerprint density at radius 2 is 2.17 bits per heavy atom. The number of fused-ring (bicyclic) bond motifs is 1. The molecule has 1 unspecified atom stereocenters. The van der Waals surface area contributed by atoms with Gasteiger partial charge in [-0.3, -0.25) is 9.48 Å². The molecule has 0 aliphatic rings. The summed E-state index contributed by atoms with van der Waals surface area (Å²) in [5.74, 6) is 0.0772. The number of benzene rings is 1. The Kier molecular flexibility index (Phi) is 4.99. The lowest BCUT2D eigenvalue weighted by molar-refractivity contribution is -0.121. The van der Waals surface area contributed by atoms with Crippen LogP contribution >= 0.6 is 0 Å². The number of H-pyrrole nitrogens is 1. The van der Waals surface area contributed by atoms with Crippen molar-refractivity contribution in [2.75, 3.05) is 0 Å². The molecular formula is C19H24N4O. The molecule has 1 aromatic carbocycles. The van der Waals surface area contributed by atoms with Crippen LogP contribution in [0.15, 0.2) is 42.7 Å². The largest absolute Gasteiger partial charge is 0.361 e. The van der Waals surface area contributed by atoms with Gasteiger partial charge in [-0.1, -0.05) is 18.2 Å². The van der Waals surface area contributed by atoms with Crippen LogP contribution in [0.5, 0.6) is 0 Å². The second kappa shape index (κ2) is 7.34. The minimum Gasteiger partial charge on any atom is -0.361 e. The zero-order valence-corrected chi connectivity index (χ0v) is 14.2. The van der Waals surface area contributed by atoms with Gasteiger partial charge in [-0.05, 0) is 44.4 Å². The predicted octanol–water partition coefficient (Wildman–Crippen LogP) is 3.58. The van der Waals surface area contributed by atoms with E-state index in [0.717, 1.165) is 30.6 Å². The molecule has 0 bridgehead atoms. The zero-order chi connectivity index (χ0) is 16.9. The van der Waals surface area contributed by atoms with Gasteiger partial charge in [0, 0.05) is 36.3 Å². The van der Waals surface area contributed by atoms with E-state index in [9.17, 15) is 4.79 Å². The van der Waals surface area contributed by atoms with Gasteiger partial charge >= 0.3 is 0 Å². The lowest BCUT2D eigenvalue weighted by atomic mass is 10.1. The van der Waals surface area contributed by atoms with Gasteiger partial charge in [0.1, 0.15) is 0 Å². The summed E-state index contributed by atoms with van der Waals surface area (Å²) in [6.45, 7) is 4.86. The monoisotopic (exact) mass is 324 g/mol. The Morgan fingerprint density at radius 3 is 2.96 bits per heavy atom. The van der Waals surface area contributed by atoms with Gasteiger partial charge in [0.25, 0.3) is 0 Å². The smallest absolute Gasteiger partial charge is 0.220 e. The quantitative estimate of drug-likeness (QED) is 0.698. The van der Waals surface area contributed by atoms with E-state index in [1.54, 1.807) is 0 Å². The number of para-hydroxylation sites is 1. The fourth-order valence-electron chi connectivity index (χ4n) is 2.95. The number of hydrogen-bond acceptors (Lipinski definition) is 2. The molecule has 2 aromatic heterocycles. The average molecular weight is 324 g/mol. The third kappa shape index (κ3) is 3.67. The summed E-state index contributed by atoms with van der Waals surface area (Å²) in [6.07, 6.45) is 6.25. The molecule has 0 saturated heterocycles. The first-order chi connectivity index (χ1) is 11.7. The van der Waals surface area contributed by atoms with Crippen LogP contribution in [-0.4, -0.2) is 20.7 Å². The van der Waals surface area contributed by atoms with Crippen LogP contribution in [0.3, 0.4) is 0 Å². The standard InChI is InChI=1S/C19H24N4O/c1-3-23-12-11-17(22-23)14(2)21-19(24)10-6-7-15-13-20-18-9-5-4-8-16(15)18/h4-5,8-9,11-14,20H,3,6-7,10H2,1-2H3,(H,21,24). The van der Waals surface area contributed by atoms with Crippen LogP contribution in [0.25, 0.3) is 10.9 Å². The zero-order valence-electron chi connectivity index (χ0n) is 14.2. The van der Waals surface area contributed by atoms with E-state index < -0.39 is 0 Å². The molecule has 24 heavy (non-hydrogen) atoms. The Balaban J connectivity index is 1.48. The first-order valence-electron chi connectivity index (χ1n) is 8.55. The second-order valence-electron chi connectivity index (χ2n) is 6.10. The van der Waals surface area contributed by atoms with Crippen molar-refractivity contribution < 1.29 is 4.79 Å². The number of carbonyl (C=O) groups is 1. The van der Waals surface area contributed by atoms with Crippen LogP contribution in [0, 0.1) is 0 Å². The highest BCUT2D eigenvalue weighted by Gasteiger charge is 2.12. The lowest BCUT2D eigenvalue weighted by Gasteiger charge is -2.11. The van der Waals surface area contributed by atoms with Crippen molar-refractivity contribution >= 4 is 16.8 Å². The topological polar surface area (TPSA) is 62.7 Å². The number of aryl methyl sites for hydroxylation is 2. The maximum absolute atomic E-state index is 12.1. The summed E-state index contributed by atoms with van der Waals surface area (Å²) >= 11 is 0. The fraction of sp³-hybridized carbons (Fsp3) is 0.368. The molecule has 126 valence electrons. The Labute approximate surface area is 142 Å². The minimum absolute atomic E-state index is 0.0570. The lowest BCUT2D eigenvalue weighted by Crippen LogP contribution is -2.26. The molecule has 0 saturated carbocycles. The molecule has 1 amide bonds. The van der Waals surface area contributed by atoms with E-state index in [1.807, 2.05) is 49.1 Å². The van der Waals surface area contributed by atoms with Crippen molar-refractivity contribution in [3.8, 4) is 0 Å². The van der Waals surface area contributed by atoms with Gasteiger partial charge < -0.3 is 10.3 Å². The summed E-state index contributed by atoms with van der Waals surface area (Å²) in [5, 5.41) is 8.71. The predicted molar refractivity (Wildman–Crippen MR) is 95.7 cm³/mol. The molecule has 3 aromatic rings. The van der Waals surface area contributed by atoms with Gasteiger partial charge in [0.05, 0.1) is 11.7 Å². The molecule has 0 aliphatic heterocycles. The van der Waals surface area contributed by atoms with Gasteiger partial charge in [0.2, 0.25) is 5.91 Å². The third-order valence-electron chi connectivity index (χ3n) is 4.33. The Hall–Kier alpha value is -2.56. The molecule has 0 fully saturated rings. The third-order valence-corrected chi connectivity index (χ3v) is 4.33. The van der Waals surface area contributed by atoms with Crippen LogP contribution < -0.4 is 5.32 Å². The highest BCUT2D eigenvalue weighted by Crippen LogP contribution is 2.19. The normalized spacial score (nSPS) is 12.4. The maximum Gasteiger partial charge on any atom is 0.220 e. The number of nitrogens with one attached hydrogen (secondary N) is 2. The van der Waals surface area contributed by atoms with Gasteiger partial charge in [0.15, 0.2) is 0 Å². The van der Waals surface area contributed by atoms with Gasteiger partial charge in [-0.2, -0.15) is 5.10 Å². The second-order valence-corrected chi connectivity index (χ2v) is 6.10. The molecule has 5 nitrogen and oxygen atoms in total. The van der Waals surface area contributed by atoms with Crippen molar-refractivity contribution in [1.29, 1.82) is 0 Å². The van der Waals surface area contributed by atoms with Gasteiger partial charge in [-0.25, -0.2) is 0 Å². The summed E-state index contributed by atoms with van der Waals surface area (Å²) in [6, 6.07) is 10.2. The Morgan fingerprint density at radius 1 is 1.33 bits per heavy atom. The van der Waals surface area contributed by atoms with E-state index in [1.165, 1.54) is 10.9 Å². The Bertz CT molecular complexity index is 818. The molecule has 0 radical (unpaired) electrons. The number of nitrogens with zero attached hydrogens (tertiary/aromatic N) is 2. The number of aromatic amines is 1. The van der Waals surface area contributed by atoms with Crippen molar-refractivity contribution in [1.82, 2.24) is 20.1 Å². The molecule has 2 heterocycles. The van der Waals surface area contributed by atoms with Crippen molar-refractivity contribution in [3.05, 3.63) is 54.0 Å². The van der Waals surface area contributed by atoms with E-state index in [0.29, 0.717) is 6.42 Å². The molecular weight excluding hydrogens is 300 g/mol. The SMILES string of the molecule is CCn1ccc(C(C)NC(=O)CCCc2c[nH]c3ccccc23)n1. The number of hydrogen-bond donors (Lipinski definition) is 2. The fourth-order valence-corrected chi connectivity index (χ4v) is 2.95. The molecule has 1 atom stereocenters. The number of rotatable bonds is 7. The molecule has 3 rings (SSSR count). The van der Waals surface area contributed by atoms with Crippen molar-refractivity contribution in [2.45, 2.75) is 45.7 Å². The van der Waals surface area contributed by atoms with Gasteiger partial charge in [-0.15, -0.1) is 0 Å². The van der Waals surface area contributed by atoms with Crippen LogP contribution in [0.1, 0.15) is 44.0 Å². The maximum atomic E-state index is 12.1. The van der Waals surface area contributed by atoms with Crippen LogP contribution in [-0.2, 0) is 17.8 Å². The van der Waals surface area contributed by atoms with E-state index in [2.05, 4.69) is 27.5 Å². The molecule has 0 aliphatic carbocycles. The van der Waals surface area contributed by atoms with E-state index in [4.69, 9.17) is 0 Å². The van der Waals surface area contributed by atoms with Crippen molar-refractivity contribution in [3.63, 3.8) is 0 Å². The van der Waals surface area contributed by atoms with Crippen molar-refractivity contribution in [2.24, 2.45) is 0 Å². The minimum atomic E-state index is -0.0570. The summed E-state index contributed by atoms with van der Waals surface area (Å²) in [7, 11) is 0. The summed E-state index contributed by atoms with van der Waals surface area (Å²) in [4.78, 5) is 15.4. The highest BCUT2D eigenvalue weighted by atomic mass is 16.1. The van der Waals surface area contributed by atoms with E-state index in [-0.39, 0.29) is 11.9 Å². The molecule has 5 heteroatoms. The summed E-state index contributed by atoms with van der Waals surface area (Å²) in [5.41, 5.74) is 3.33. The average Bonchev–Trinajstić information content (AvgIpc) is 3.22. The molecule has 0 spiro atoms. The first kappa shape index (κ1) is 16.3. The number of carbonyl (C=O) groups excluding carboxylic acids is 1. The highest BCUT2D eigenvalue weighted by molar-refractivity contribution is 5.83. The van der Waals surface area contributed by atoms with Crippen LogP contribution in [0.2, 0.25) is 0 Å².